The Labute approximate surface area is 129 Å². The van der Waals surface area contributed by atoms with E-state index in [1.807, 2.05) is 18.2 Å². The van der Waals surface area contributed by atoms with Gasteiger partial charge in [-0.15, -0.1) is 0 Å². The number of benzene rings is 1. The van der Waals surface area contributed by atoms with E-state index in [2.05, 4.69) is 21.4 Å². The number of rotatable bonds is 4. The average Bonchev–Trinajstić information content (AvgIpc) is 2.98. The monoisotopic (exact) mass is 309 g/mol. The second-order valence-corrected chi connectivity index (χ2v) is 6.64. The number of nitrogens with zero attached hydrogens (tertiary/aromatic N) is 2. The van der Waals surface area contributed by atoms with E-state index in [1.165, 1.54) is 25.9 Å². The Kier molecular flexibility index (Phi) is 4.15. The number of H-pyrrole nitrogens is 1. The Morgan fingerprint density at radius 3 is 2.80 bits per heavy atom. The minimum Gasteiger partial charge on any atom is -0.331 e. The van der Waals surface area contributed by atoms with Crippen LogP contribution in [0.1, 0.15) is 19.8 Å². The van der Waals surface area contributed by atoms with Crippen molar-refractivity contribution in [1.82, 2.24) is 14.5 Å². The van der Waals surface area contributed by atoms with Gasteiger partial charge in [0.05, 0.1) is 11.0 Å². The third-order valence-electron chi connectivity index (χ3n) is 4.00. The molecule has 3 rings (SSSR count). The lowest BCUT2D eigenvalue weighted by atomic mass is 10.1. The summed E-state index contributed by atoms with van der Waals surface area (Å²) in [4.78, 5) is 5.80. The van der Waals surface area contributed by atoms with E-state index in [0.717, 1.165) is 33.9 Å². The van der Waals surface area contributed by atoms with Gasteiger partial charge in [-0.3, -0.25) is 0 Å². The summed E-state index contributed by atoms with van der Waals surface area (Å²) in [6.45, 7) is 6.91. The number of imidazole rings is 1. The van der Waals surface area contributed by atoms with E-state index in [4.69, 9.17) is 23.8 Å². The third kappa shape index (κ3) is 2.92. The van der Waals surface area contributed by atoms with Crippen molar-refractivity contribution in [2.24, 2.45) is 5.92 Å². The molecule has 0 spiro atoms. The number of halogens is 1. The molecule has 2 aromatic rings. The lowest BCUT2D eigenvalue weighted by Gasteiger charge is -2.20. The van der Waals surface area contributed by atoms with Crippen molar-refractivity contribution in [3.8, 4) is 0 Å². The topological polar surface area (TPSA) is 24.0 Å². The summed E-state index contributed by atoms with van der Waals surface area (Å²) < 4.78 is 2.98. The number of fused-ring (bicyclic) bond motifs is 1. The molecule has 20 heavy (non-hydrogen) atoms. The zero-order chi connectivity index (χ0) is 14.1. The lowest BCUT2D eigenvalue weighted by molar-refractivity contribution is 0.272. The quantitative estimate of drug-likeness (QED) is 0.860. The molecule has 0 radical (unpaired) electrons. The summed E-state index contributed by atoms with van der Waals surface area (Å²) in [6.07, 6.45) is 2.69. The Morgan fingerprint density at radius 1 is 1.30 bits per heavy atom. The van der Waals surface area contributed by atoms with E-state index >= 15 is 0 Å². The molecule has 1 aliphatic heterocycles. The normalized spacial score (nSPS) is 17.9. The second kappa shape index (κ2) is 5.88. The molecule has 1 aliphatic rings. The smallest absolute Gasteiger partial charge is 0.178 e. The number of aromatic amines is 1. The summed E-state index contributed by atoms with van der Waals surface area (Å²) in [5, 5.41) is 0.742. The van der Waals surface area contributed by atoms with Crippen molar-refractivity contribution in [3.05, 3.63) is 28.0 Å². The summed E-state index contributed by atoms with van der Waals surface area (Å²) >= 11 is 11.5. The number of hydrogen-bond donors (Lipinski definition) is 1. The van der Waals surface area contributed by atoms with Crippen LogP contribution in [0.5, 0.6) is 0 Å². The van der Waals surface area contributed by atoms with Crippen LogP contribution in [0.3, 0.4) is 0 Å². The van der Waals surface area contributed by atoms with Gasteiger partial charge in [0.2, 0.25) is 0 Å². The van der Waals surface area contributed by atoms with Gasteiger partial charge in [-0.1, -0.05) is 18.5 Å². The van der Waals surface area contributed by atoms with Crippen molar-refractivity contribution in [3.63, 3.8) is 0 Å². The molecule has 1 saturated heterocycles. The Morgan fingerprint density at radius 2 is 2.05 bits per heavy atom. The first-order valence-corrected chi connectivity index (χ1v) is 8.02. The van der Waals surface area contributed by atoms with E-state index in [0.29, 0.717) is 5.92 Å². The number of hydrogen-bond acceptors (Lipinski definition) is 2. The van der Waals surface area contributed by atoms with Crippen LogP contribution in [-0.4, -0.2) is 34.1 Å². The summed E-state index contributed by atoms with van der Waals surface area (Å²) in [5.41, 5.74) is 2.17. The predicted octanol–water partition coefficient (Wildman–Crippen LogP) is 4.08. The molecular weight excluding hydrogens is 290 g/mol. The molecule has 108 valence electrons. The highest BCUT2D eigenvalue weighted by atomic mass is 35.5. The van der Waals surface area contributed by atoms with Gasteiger partial charge in [0.25, 0.3) is 0 Å². The predicted molar refractivity (Wildman–Crippen MR) is 87.0 cm³/mol. The van der Waals surface area contributed by atoms with Crippen molar-refractivity contribution in [2.75, 3.05) is 19.6 Å². The van der Waals surface area contributed by atoms with Crippen LogP contribution in [0.2, 0.25) is 5.02 Å². The molecular formula is C15H20ClN3S. The molecule has 0 saturated carbocycles. The van der Waals surface area contributed by atoms with Gasteiger partial charge >= 0.3 is 0 Å². The van der Waals surface area contributed by atoms with Crippen LogP contribution in [-0.2, 0) is 6.54 Å². The molecule has 0 bridgehead atoms. The van der Waals surface area contributed by atoms with Gasteiger partial charge in [-0.25, -0.2) is 0 Å². The molecule has 0 amide bonds. The molecule has 5 heteroatoms. The summed E-state index contributed by atoms with van der Waals surface area (Å²) in [6, 6.07) is 5.91. The molecule has 1 fully saturated rings. The standard InChI is InChI=1S/C15H20ClN3S/c1-11(9-18-6-2-3-7-18)10-19-14-5-4-12(16)8-13(14)17-15(19)20/h4-5,8,11H,2-3,6-7,9-10H2,1H3,(H,17,20). The Balaban J connectivity index is 1.79. The fourth-order valence-electron chi connectivity index (χ4n) is 3.09. The minimum absolute atomic E-state index is 0.592. The van der Waals surface area contributed by atoms with Crippen molar-refractivity contribution in [1.29, 1.82) is 0 Å². The van der Waals surface area contributed by atoms with E-state index in [-0.39, 0.29) is 0 Å². The van der Waals surface area contributed by atoms with Crippen LogP contribution in [0, 0.1) is 10.7 Å². The van der Waals surface area contributed by atoms with Gasteiger partial charge in [-0.2, -0.15) is 0 Å². The van der Waals surface area contributed by atoms with Gasteiger partial charge in [0, 0.05) is 18.1 Å². The Hall–Kier alpha value is -0.840. The maximum absolute atomic E-state index is 6.03. The van der Waals surface area contributed by atoms with Gasteiger partial charge in [-0.05, 0) is 62.3 Å². The van der Waals surface area contributed by atoms with E-state index in [1.54, 1.807) is 0 Å². The molecule has 0 aliphatic carbocycles. The van der Waals surface area contributed by atoms with Crippen LogP contribution in [0.4, 0.5) is 0 Å². The maximum atomic E-state index is 6.03. The highest BCUT2D eigenvalue weighted by molar-refractivity contribution is 7.71. The molecule has 1 atom stereocenters. The first kappa shape index (κ1) is 14.1. The van der Waals surface area contributed by atoms with Crippen LogP contribution < -0.4 is 0 Å². The molecule has 1 N–H and O–H groups in total. The zero-order valence-corrected chi connectivity index (χ0v) is 13.3. The first-order chi connectivity index (χ1) is 9.63. The van der Waals surface area contributed by atoms with Crippen molar-refractivity contribution >= 4 is 34.9 Å². The van der Waals surface area contributed by atoms with Crippen LogP contribution in [0.15, 0.2) is 18.2 Å². The summed E-state index contributed by atoms with van der Waals surface area (Å²) in [5.74, 6) is 0.592. The first-order valence-electron chi connectivity index (χ1n) is 7.24. The molecule has 2 heterocycles. The highest BCUT2D eigenvalue weighted by Crippen LogP contribution is 2.21. The Bertz CT molecular complexity index is 655. The van der Waals surface area contributed by atoms with Crippen molar-refractivity contribution < 1.29 is 0 Å². The largest absolute Gasteiger partial charge is 0.331 e. The average molecular weight is 310 g/mol. The van der Waals surface area contributed by atoms with Gasteiger partial charge in [0.1, 0.15) is 0 Å². The van der Waals surface area contributed by atoms with E-state index in [9.17, 15) is 0 Å². The van der Waals surface area contributed by atoms with Crippen LogP contribution >= 0.6 is 23.8 Å². The van der Waals surface area contributed by atoms with Gasteiger partial charge in [0.15, 0.2) is 4.77 Å². The van der Waals surface area contributed by atoms with E-state index < -0.39 is 0 Å². The summed E-state index contributed by atoms with van der Waals surface area (Å²) in [7, 11) is 0. The molecule has 1 aromatic heterocycles. The second-order valence-electron chi connectivity index (χ2n) is 5.82. The fourth-order valence-corrected chi connectivity index (χ4v) is 3.55. The lowest BCUT2D eigenvalue weighted by Crippen LogP contribution is -2.27. The fraction of sp³-hybridized carbons (Fsp3) is 0.533. The van der Waals surface area contributed by atoms with Crippen LogP contribution in [0.25, 0.3) is 11.0 Å². The zero-order valence-electron chi connectivity index (χ0n) is 11.7. The molecule has 1 aromatic carbocycles. The number of nitrogens with one attached hydrogen (secondary N) is 1. The molecule has 1 unspecified atom stereocenters. The molecule has 3 nitrogen and oxygen atoms in total. The number of aromatic nitrogens is 2. The highest BCUT2D eigenvalue weighted by Gasteiger charge is 2.16. The third-order valence-corrected chi connectivity index (χ3v) is 4.56. The SMILES string of the molecule is CC(CN1CCCC1)Cn1c(=S)[nH]c2cc(Cl)ccc21. The van der Waals surface area contributed by atoms with Crippen molar-refractivity contribution in [2.45, 2.75) is 26.3 Å². The maximum Gasteiger partial charge on any atom is 0.178 e. The van der Waals surface area contributed by atoms with Gasteiger partial charge < -0.3 is 14.5 Å². The minimum atomic E-state index is 0.592. The number of likely N-dealkylation sites (tertiary alicyclic amines) is 1.